The van der Waals surface area contributed by atoms with Gasteiger partial charge < -0.3 is 18.4 Å². The van der Waals surface area contributed by atoms with Gasteiger partial charge in [0.1, 0.15) is 11.2 Å². The van der Waals surface area contributed by atoms with Gasteiger partial charge in [-0.15, -0.1) is 42.0 Å². The van der Waals surface area contributed by atoms with Gasteiger partial charge in [0.15, 0.2) is 0 Å². The first-order valence-corrected chi connectivity index (χ1v) is 21.4. The van der Waals surface area contributed by atoms with E-state index >= 15 is 0 Å². The molecular weight excluding hydrogens is 847 g/mol. The van der Waals surface area contributed by atoms with Gasteiger partial charge >= 0.3 is 0 Å². The Morgan fingerprint density at radius 2 is 1.53 bits per heavy atom. The maximum atomic E-state index is 6.16. The van der Waals surface area contributed by atoms with Crippen molar-refractivity contribution in [2.75, 3.05) is 0 Å². The van der Waals surface area contributed by atoms with Crippen molar-refractivity contribution in [3.8, 4) is 28.3 Å². The standard InChI is InChI=1S/C28H17N2O2.C18H24NSi.Ir/c1-17-10-12-21-22(16-31-26(21)14-17)28-29-23-7-3-4-8-24(23)30(28)18-11-13-20-19-6-2-5-9-25(19)32-27(20)15-18;1-14(2)11-16-12-17(15-9-7-6-8-10-15)19-13-18(16)20(3,4)5;/h2-15H,1H3;6-9,12-14H,11H2,1-5H3;/q2*-1;. The van der Waals surface area contributed by atoms with Crippen LogP contribution in [0.5, 0.6) is 0 Å². The first kappa shape index (κ1) is 36.3. The SMILES string of the molecule is CC(C)Cc1cc(-c2[c-]cccc2)ncc1[Si](C)(C)C.Cc1ccc2c(-c3nc4ccccc4n3-c3ccc4c(c3)oc3ccccc34)[c-]oc2c1.[Ir]. The molecule has 9 rings (SSSR count). The van der Waals surface area contributed by atoms with Gasteiger partial charge in [0.2, 0.25) is 0 Å². The van der Waals surface area contributed by atoms with Crippen LogP contribution in [0.25, 0.3) is 72.3 Å². The Balaban J connectivity index is 0.000000180. The minimum atomic E-state index is -1.34. The van der Waals surface area contributed by atoms with Crippen molar-refractivity contribution in [3.05, 3.63) is 145 Å². The molecule has 0 unspecified atom stereocenters. The number of hydrogen-bond acceptors (Lipinski definition) is 4. The van der Waals surface area contributed by atoms with Gasteiger partial charge in [0, 0.05) is 60.7 Å². The summed E-state index contributed by atoms with van der Waals surface area (Å²) < 4.78 is 14.1. The Bertz CT molecular complexity index is 2700. The van der Waals surface area contributed by atoms with Gasteiger partial charge in [-0.05, 0) is 60.5 Å². The van der Waals surface area contributed by atoms with Gasteiger partial charge in [0.05, 0.1) is 24.9 Å². The topological polar surface area (TPSA) is 57.0 Å². The average Bonchev–Trinajstić information content (AvgIpc) is 3.84. The summed E-state index contributed by atoms with van der Waals surface area (Å²) in [6.07, 6.45) is 6.34. The number of fused-ring (bicyclic) bond motifs is 5. The normalized spacial score (nSPS) is 11.7. The summed E-state index contributed by atoms with van der Waals surface area (Å²) in [7, 11) is -1.34. The summed E-state index contributed by atoms with van der Waals surface area (Å²) >= 11 is 0. The molecule has 0 fully saturated rings. The van der Waals surface area contributed by atoms with Crippen LogP contribution in [0.4, 0.5) is 0 Å². The van der Waals surface area contributed by atoms with Crippen molar-refractivity contribution in [3.63, 3.8) is 0 Å². The minimum absolute atomic E-state index is 0. The van der Waals surface area contributed by atoms with Crippen LogP contribution >= 0.6 is 0 Å². The molecule has 267 valence electrons. The van der Waals surface area contributed by atoms with Gasteiger partial charge in [-0.3, -0.25) is 4.98 Å². The first-order chi connectivity index (χ1) is 25.1. The fourth-order valence-corrected chi connectivity index (χ4v) is 8.63. The second-order valence-electron chi connectivity index (χ2n) is 15.0. The summed E-state index contributed by atoms with van der Waals surface area (Å²) in [5, 5.41) is 4.71. The van der Waals surface area contributed by atoms with E-state index in [1.807, 2.05) is 60.7 Å². The Hall–Kier alpha value is -5.07. The van der Waals surface area contributed by atoms with E-state index in [2.05, 4.69) is 123 Å². The van der Waals surface area contributed by atoms with Crippen molar-refractivity contribution in [1.82, 2.24) is 14.5 Å². The quantitative estimate of drug-likeness (QED) is 0.123. The van der Waals surface area contributed by atoms with Crippen LogP contribution in [-0.4, -0.2) is 22.6 Å². The molecule has 0 amide bonds. The maximum absolute atomic E-state index is 6.16. The number of rotatable bonds is 6. The molecule has 0 aliphatic rings. The van der Waals surface area contributed by atoms with Crippen molar-refractivity contribution in [2.45, 2.75) is 46.8 Å². The zero-order valence-corrected chi connectivity index (χ0v) is 34.2. The summed E-state index contributed by atoms with van der Waals surface area (Å²) in [6, 6.07) is 42.4. The van der Waals surface area contributed by atoms with Crippen LogP contribution in [0, 0.1) is 25.2 Å². The number of aryl methyl sites for hydroxylation is 1. The van der Waals surface area contributed by atoms with E-state index in [4.69, 9.17) is 13.8 Å². The average molecular weight is 888 g/mol. The number of hydrogen-bond donors (Lipinski definition) is 0. The molecule has 4 heterocycles. The van der Waals surface area contributed by atoms with Crippen LogP contribution in [0.2, 0.25) is 19.6 Å². The summed E-state index contributed by atoms with van der Waals surface area (Å²) in [4.78, 5) is 9.65. The minimum Gasteiger partial charge on any atom is -0.557 e. The molecule has 4 aromatic heterocycles. The fraction of sp³-hybridized carbons (Fsp3) is 0.174. The van der Waals surface area contributed by atoms with Crippen molar-refractivity contribution < 1.29 is 28.9 Å². The molecule has 5 nitrogen and oxygen atoms in total. The zero-order chi connectivity index (χ0) is 36.0. The smallest absolute Gasteiger partial charge is 0.137 e. The number of aromatic nitrogens is 3. The van der Waals surface area contributed by atoms with Gasteiger partial charge in [-0.1, -0.05) is 104 Å². The molecule has 0 atom stereocenters. The molecule has 1 radical (unpaired) electrons. The summed E-state index contributed by atoms with van der Waals surface area (Å²) in [5.74, 6) is 1.46. The number of para-hydroxylation sites is 3. The summed E-state index contributed by atoms with van der Waals surface area (Å²) in [5.41, 5.74) is 11.1. The molecule has 53 heavy (non-hydrogen) atoms. The van der Waals surface area contributed by atoms with E-state index in [1.54, 1.807) is 0 Å². The Kier molecular flexibility index (Phi) is 10.1. The molecule has 5 aromatic carbocycles. The van der Waals surface area contributed by atoms with E-state index < -0.39 is 8.07 Å². The van der Waals surface area contributed by atoms with Gasteiger partial charge in [-0.25, -0.2) is 0 Å². The van der Waals surface area contributed by atoms with Crippen LogP contribution in [0.3, 0.4) is 0 Å². The molecule has 0 aliphatic carbocycles. The molecular formula is C46H41IrN3O2Si-2. The zero-order valence-electron chi connectivity index (χ0n) is 30.8. The number of pyridine rings is 1. The third-order valence-corrected chi connectivity index (χ3v) is 11.6. The van der Waals surface area contributed by atoms with E-state index in [0.29, 0.717) is 5.92 Å². The van der Waals surface area contributed by atoms with Crippen LogP contribution in [0.1, 0.15) is 25.0 Å². The molecule has 0 N–H and O–H groups in total. The molecule has 0 aliphatic heterocycles. The van der Waals surface area contributed by atoms with E-state index in [9.17, 15) is 0 Å². The summed E-state index contributed by atoms with van der Waals surface area (Å²) in [6.45, 7) is 13.8. The van der Waals surface area contributed by atoms with E-state index in [1.165, 1.54) is 10.8 Å². The third kappa shape index (κ3) is 7.17. The van der Waals surface area contributed by atoms with E-state index in [0.717, 1.165) is 84.3 Å². The molecule has 7 heteroatoms. The molecule has 0 bridgehead atoms. The van der Waals surface area contributed by atoms with Crippen LogP contribution < -0.4 is 5.19 Å². The third-order valence-electron chi connectivity index (χ3n) is 9.49. The Labute approximate surface area is 325 Å². The second kappa shape index (κ2) is 14.7. The Morgan fingerprint density at radius 3 is 2.32 bits per heavy atom. The molecule has 0 saturated carbocycles. The number of imidazole rings is 1. The van der Waals surface area contributed by atoms with Crippen LogP contribution in [-0.2, 0) is 26.5 Å². The van der Waals surface area contributed by atoms with Crippen LogP contribution in [0.15, 0.2) is 130 Å². The second-order valence-corrected chi connectivity index (χ2v) is 20.0. The van der Waals surface area contributed by atoms with E-state index in [-0.39, 0.29) is 20.1 Å². The van der Waals surface area contributed by atoms with Crippen molar-refractivity contribution in [1.29, 1.82) is 0 Å². The molecule has 0 saturated heterocycles. The number of nitrogens with zero attached hydrogens (tertiary/aromatic N) is 3. The molecule has 9 aromatic rings. The van der Waals surface area contributed by atoms with Crippen molar-refractivity contribution in [2.24, 2.45) is 5.92 Å². The fourth-order valence-electron chi connectivity index (χ4n) is 7.04. The first-order valence-electron chi connectivity index (χ1n) is 17.9. The maximum Gasteiger partial charge on any atom is 0.137 e. The number of furan rings is 2. The number of benzene rings is 5. The predicted octanol–water partition coefficient (Wildman–Crippen LogP) is 11.7. The van der Waals surface area contributed by atoms with Gasteiger partial charge in [0.25, 0.3) is 0 Å². The molecule has 0 spiro atoms. The predicted molar refractivity (Wildman–Crippen MR) is 217 cm³/mol. The van der Waals surface area contributed by atoms with Gasteiger partial charge in [-0.2, -0.15) is 0 Å². The Morgan fingerprint density at radius 1 is 0.774 bits per heavy atom. The monoisotopic (exact) mass is 888 g/mol. The largest absolute Gasteiger partial charge is 0.557 e. The van der Waals surface area contributed by atoms with Crippen molar-refractivity contribution >= 4 is 57.2 Å².